The third-order valence-corrected chi connectivity index (χ3v) is 6.67. The summed E-state index contributed by atoms with van der Waals surface area (Å²) < 4.78 is 27.2. The third kappa shape index (κ3) is 5.03. The van der Waals surface area contributed by atoms with Crippen LogP contribution in [-0.2, 0) is 16.1 Å². The number of rotatable bonds is 9. The first kappa shape index (κ1) is 27.6. The summed E-state index contributed by atoms with van der Waals surface area (Å²) in [5, 5.41) is 11.8. The number of carbonyl (C=O) groups excluding carboxylic acids is 2. The minimum Gasteiger partial charge on any atom is -0.507 e. The molecule has 1 N–H and O–H groups in total. The summed E-state index contributed by atoms with van der Waals surface area (Å²) in [4.78, 5) is 32.4. The van der Waals surface area contributed by atoms with Crippen molar-refractivity contribution in [1.29, 1.82) is 0 Å². The van der Waals surface area contributed by atoms with Crippen molar-refractivity contribution < 1.29 is 38.4 Å². The molecular formula is C28H27ClN2O8. The van der Waals surface area contributed by atoms with E-state index in [1.807, 2.05) is 0 Å². The first-order chi connectivity index (χ1) is 18.8. The molecule has 10 nitrogen and oxygen atoms in total. The first-order valence-corrected chi connectivity index (χ1v) is 12.1. The number of carbonyl (C=O) groups is 2. The van der Waals surface area contributed by atoms with Crippen LogP contribution in [0.1, 0.15) is 22.7 Å². The van der Waals surface area contributed by atoms with Gasteiger partial charge in [-0.15, -0.1) is 0 Å². The number of hydrogen-bond donors (Lipinski definition) is 1. The maximum atomic E-state index is 13.6. The maximum absolute atomic E-state index is 13.6. The Morgan fingerprint density at radius 3 is 2.00 bits per heavy atom. The molecule has 1 amide bonds. The standard InChI is InChI=1S/C28H27ClN2O8/c1-35-19-13-18(29)20(36-2)12-17(19)25(32)23-24(16-10-21(37-3)27(39-5)22(11-16)38-4)31(28(34)26(23)33)14-15-6-8-30-9-7-15/h6-13,24,32H,14H2,1-5H3/b25-23+. The van der Waals surface area contributed by atoms with Crippen LogP contribution in [0, 0.1) is 0 Å². The van der Waals surface area contributed by atoms with E-state index in [4.69, 9.17) is 35.3 Å². The van der Waals surface area contributed by atoms with Crippen molar-refractivity contribution in [3.8, 4) is 28.7 Å². The fourth-order valence-corrected chi connectivity index (χ4v) is 4.76. The highest BCUT2D eigenvalue weighted by atomic mass is 35.5. The molecule has 2 heterocycles. The molecule has 0 spiro atoms. The molecule has 0 bridgehead atoms. The Morgan fingerprint density at radius 2 is 1.46 bits per heavy atom. The van der Waals surface area contributed by atoms with Crippen molar-refractivity contribution in [3.63, 3.8) is 0 Å². The second-order valence-corrected chi connectivity index (χ2v) is 8.84. The van der Waals surface area contributed by atoms with Gasteiger partial charge in [0, 0.05) is 25.0 Å². The zero-order chi connectivity index (χ0) is 28.3. The molecule has 3 aromatic rings. The quantitative estimate of drug-likeness (QED) is 0.233. The van der Waals surface area contributed by atoms with Gasteiger partial charge < -0.3 is 33.7 Å². The maximum Gasteiger partial charge on any atom is 0.295 e. The van der Waals surface area contributed by atoms with E-state index < -0.39 is 23.5 Å². The predicted octanol–water partition coefficient (Wildman–Crippen LogP) is 4.40. The number of Topliss-reactive ketones (excluding diaryl/α,β-unsaturated/α-hetero) is 1. The van der Waals surface area contributed by atoms with Crippen LogP contribution in [0.25, 0.3) is 5.76 Å². The second-order valence-electron chi connectivity index (χ2n) is 8.43. The number of pyridine rings is 1. The van der Waals surface area contributed by atoms with Crippen molar-refractivity contribution in [1.82, 2.24) is 9.88 Å². The van der Waals surface area contributed by atoms with Crippen molar-refractivity contribution in [2.45, 2.75) is 12.6 Å². The average Bonchev–Trinajstić information content (AvgIpc) is 3.21. The number of hydrogen-bond acceptors (Lipinski definition) is 9. The number of likely N-dealkylation sites (tertiary alicyclic amines) is 1. The summed E-state index contributed by atoms with van der Waals surface area (Å²) in [6.07, 6.45) is 3.18. The van der Waals surface area contributed by atoms with Crippen LogP contribution in [0.4, 0.5) is 0 Å². The fourth-order valence-electron chi connectivity index (χ4n) is 4.52. The van der Waals surface area contributed by atoms with E-state index in [-0.39, 0.29) is 34.2 Å². The van der Waals surface area contributed by atoms with E-state index in [0.29, 0.717) is 22.8 Å². The molecule has 1 atom stereocenters. The Bertz CT molecular complexity index is 1420. The highest BCUT2D eigenvalue weighted by molar-refractivity contribution is 6.46. The second kappa shape index (κ2) is 11.5. The number of benzene rings is 2. The number of halogens is 1. The molecular weight excluding hydrogens is 528 g/mol. The molecule has 39 heavy (non-hydrogen) atoms. The molecule has 4 rings (SSSR count). The summed E-state index contributed by atoms with van der Waals surface area (Å²) in [6, 6.07) is 8.60. The van der Waals surface area contributed by atoms with E-state index in [1.165, 1.54) is 52.6 Å². The van der Waals surface area contributed by atoms with Crippen LogP contribution >= 0.6 is 11.6 Å². The molecule has 11 heteroatoms. The summed E-state index contributed by atoms with van der Waals surface area (Å²) in [7, 11) is 7.20. The monoisotopic (exact) mass is 554 g/mol. The number of nitrogens with zero attached hydrogens (tertiary/aromatic N) is 2. The van der Waals surface area contributed by atoms with Gasteiger partial charge in [-0.05, 0) is 41.5 Å². The lowest BCUT2D eigenvalue weighted by atomic mass is 9.94. The zero-order valence-electron chi connectivity index (χ0n) is 22.0. The van der Waals surface area contributed by atoms with Crippen LogP contribution in [0.15, 0.2) is 54.4 Å². The lowest BCUT2D eigenvalue weighted by Gasteiger charge is -2.27. The van der Waals surface area contributed by atoms with Gasteiger partial charge in [0.15, 0.2) is 11.5 Å². The molecule has 0 radical (unpaired) electrons. The Balaban J connectivity index is 2.01. The topological polar surface area (TPSA) is 117 Å². The molecule has 1 fully saturated rings. The van der Waals surface area contributed by atoms with Crippen molar-refractivity contribution in [2.75, 3.05) is 35.5 Å². The predicted molar refractivity (Wildman–Crippen MR) is 143 cm³/mol. The number of methoxy groups -OCH3 is 5. The molecule has 2 aromatic carbocycles. The van der Waals surface area contributed by atoms with Crippen LogP contribution < -0.4 is 23.7 Å². The van der Waals surface area contributed by atoms with Crippen LogP contribution in [-0.4, -0.2) is 62.2 Å². The number of aliphatic hydroxyl groups excluding tert-OH is 1. The van der Waals surface area contributed by atoms with Crippen molar-refractivity contribution in [3.05, 3.63) is 76.1 Å². The number of ketones is 1. The highest BCUT2D eigenvalue weighted by Crippen LogP contribution is 2.47. The van der Waals surface area contributed by atoms with Crippen molar-refractivity contribution >= 4 is 29.1 Å². The minimum atomic E-state index is -1.03. The molecule has 1 aliphatic heterocycles. The van der Waals surface area contributed by atoms with Gasteiger partial charge in [0.2, 0.25) is 5.75 Å². The fraction of sp³-hybridized carbons (Fsp3) is 0.250. The first-order valence-electron chi connectivity index (χ1n) is 11.7. The Morgan fingerprint density at radius 1 is 0.872 bits per heavy atom. The Labute approximate surface area is 230 Å². The van der Waals surface area contributed by atoms with E-state index >= 15 is 0 Å². The number of aliphatic hydroxyl groups is 1. The van der Waals surface area contributed by atoms with E-state index in [0.717, 1.165) is 5.56 Å². The van der Waals surface area contributed by atoms with Crippen molar-refractivity contribution in [2.24, 2.45) is 0 Å². The lowest BCUT2D eigenvalue weighted by Crippen LogP contribution is -2.29. The van der Waals surface area contributed by atoms with Gasteiger partial charge in [-0.25, -0.2) is 0 Å². The van der Waals surface area contributed by atoms with Crippen LogP contribution in [0.5, 0.6) is 28.7 Å². The lowest BCUT2D eigenvalue weighted by molar-refractivity contribution is -0.140. The summed E-state index contributed by atoms with van der Waals surface area (Å²) in [6.45, 7) is 0.0618. The molecule has 1 aliphatic rings. The molecule has 0 aliphatic carbocycles. The number of aromatic nitrogens is 1. The van der Waals surface area contributed by atoms with E-state index in [2.05, 4.69) is 4.98 Å². The highest BCUT2D eigenvalue weighted by Gasteiger charge is 2.47. The number of amides is 1. The molecule has 1 saturated heterocycles. The third-order valence-electron chi connectivity index (χ3n) is 6.37. The van der Waals surface area contributed by atoms with Gasteiger partial charge in [-0.1, -0.05) is 11.6 Å². The van der Waals surface area contributed by atoms with E-state index in [1.54, 1.807) is 36.7 Å². The van der Waals surface area contributed by atoms with Gasteiger partial charge in [-0.3, -0.25) is 14.6 Å². The SMILES string of the molecule is COc1cc(/C(O)=C2\C(=O)C(=O)N(Cc3ccncc3)C2c2cc(OC)c(OC)c(OC)c2)c(OC)cc1Cl. The summed E-state index contributed by atoms with van der Waals surface area (Å²) in [5.74, 6) is -0.755. The molecule has 0 saturated carbocycles. The van der Waals surface area contributed by atoms with Gasteiger partial charge in [0.1, 0.15) is 17.3 Å². The van der Waals surface area contributed by atoms with Crippen LogP contribution in [0.3, 0.4) is 0 Å². The number of ether oxygens (including phenoxy) is 5. The van der Waals surface area contributed by atoms with E-state index in [9.17, 15) is 14.7 Å². The molecule has 204 valence electrons. The Kier molecular flexibility index (Phi) is 8.15. The van der Waals surface area contributed by atoms with Gasteiger partial charge >= 0.3 is 0 Å². The largest absolute Gasteiger partial charge is 0.507 e. The zero-order valence-corrected chi connectivity index (χ0v) is 22.7. The van der Waals surface area contributed by atoms with Gasteiger partial charge in [0.05, 0.1) is 57.8 Å². The van der Waals surface area contributed by atoms with Crippen LogP contribution in [0.2, 0.25) is 5.02 Å². The molecule has 1 aromatic heterocycles. The summed E-state index contributed by atoms with van der Waals surface area (Å²) >= 11 is 6.25. The van der Waals surface area contributed by atoms with Gasteiger partial charge in [-0.2, -0.15) is 0 Å². The minimum absolute atomic E-state index is 0.0618. The normalized spacial score (nSPS) is 16.3. The van der Waals surface area contributed by atoms with Gasteiger partial charge in [0.25, 0.3) is 11.7 Å². The average molecular weight is 555 g/mol. The summed E-state index contributed by atoms with van der Waals surface area (Å²) in [5.41, 5.74) is 1.14. The molecule has 1 unspecified atom stereocenters. The smallest absolute Gasteiger partial charge is 0.295 e. The Hall–Kier alpha value is -4.44.